The lowest BCUT2D eigenvalue weighted by atomic mass is 10.1. The van der Waals surface area contributed by atoms with Crippen molar-refractivity contribution in [2.75, 3.05) is 13.1 Å². The number of aromatic nitrogens is 1. The predicted octanol–water partition coefficient (Wildman–Crippen LogP) is 4.28. The van der Waals surface area contributed by atoms with Crippen LogP contribution in [0.1, 0.15) is 24.5 Å². The molecule has 0 fully saturated rings. The number of nitrogens with one attached hydrogen (secondary N) is 2. The number of benzene rings is 2. The molecule has 0 bridgehead atoms. The Bertz CT molecular complexity index is 937. The second-order valence-corrected chi connectivity index (χ2v) is 6.35. The molecule has 0 spiro atoms. The van der Waals surface area contributed by atoms with E-state index in [0.717, 1.165) is 37.6 Å². The van der Waals surface area contributed by atoms with Crippen LogP contribution in [0.15, 0.2) is 65.8 Å². The van der Waals surface area contributed by atoms with Crippen LogP contribution in [0.5, 0.6) is 0 Å². The average molecular weight is 487 g/mol. The molecule has 1 heterocycles. The van der Waals surface area contributed by atoms with Gasteiger partial charge in [0.2, 0.25) is 0 Å². The first-order valence-corrected chi connectivity index (χ1v) is 9.35. The van der Waals surface area contributed by atoms with Crippen molar-refractivity contribution in [3.8, 4) is 6.07 Å². The van der Waals surface area contributed by atoms with E-state index >= 15 is 0 Å². The number of aryl methyl sites for hydroxylation is 1. The summed E-state index contributed by atoms with van der Waals surface area (Å²) in [6.07, 6.45) is 3.16. The molecule has 0 saturated heterocycles. The van der Waals surface area contributed by atoms with Crippen molar-refractivity contribution in [3.05, 3.63) is 71.9 Å². The molecule has 0 radical (unpaired) electrons. The van der Waals surface area contributed by atoms with Crippen molar-refractivity contribution in [1.82, 2.24) is 15.2 Å². The Morgan fingerprint density at radius 2 is 1.86 bits per heavy atom. The van der Waals surface area contributed by atoms with Crippen LogP contribution < -0.4 is 10.6 Å². The number of aliphatic imine (C=N–C) groups is 1. The molecule has 28 heavy (non-hydrogen) atoms. The topological polar surface area (TPSA) is 65.1 Å². The summed E-state index contributed by atoms with van der Waals surface area (Å²) in [5, 5.41) is 16.8. The smallest absolute Gasteiger partial charge is 0.191 e. The second kappa shape index (κ2) is 11.3. The van der Waals surface area contributed by atoms with Gasteiger partial charge in [-0.25, -0.2) is 4.99 Å². The van der Waals surface area contributed by atoms with Crippen LogP contribution in [-0.4, -0.2) is 23.6 Å². The van der Waals surface area contributed by atoms with Gasteiger partial charge in [0.15, 0.2) is 5.96 Å². The number of nitrogens with zero attached hydrogens (tertiary/aromatic N) is 3. The first-order chi connectivity index (χ1) is 13.3. The Balaban J connectivity index is 0.00000280. The maximum Gasteiger partial charge on any atom is 0.191 e. The lowest BCUT2D eigenvalue weighted by Crippen LogP contribution is -2.38. The van der Waals surface area contributed by atoms with Gasteiger partial charge in [-0.2, -0.15) is 5.26 Å². The minimum Gasteiger partial charge on any atom is -0.357 e. The van der Waals surface area contributed by atoms with Crippen molar-refractivity contribution in [2.24, 2.45) is 4.99 Å². The van der Waals surface area contributed by atoms with Crippen LogP contribution in [0.2, 0.25) is 0 Å². The van der Waals surface area contributed by atoms with Crippen LogP contribution in [0.3, 0.4) is 0 Å². The van der Waals surface area contributed by atoms with Crippen molar-refractivity contribution in [2.45, 2.75) is 26.4 Å². The number of hydrogen-bond acceptors (Lipinski definition) is 2. The summed E-state index contributed by atoms with van der Waals surface area (Å²) in [7, 11) is 0. The zero-order chi connectivity index (χ0) is 18.9. The van der Waals surface area contributed by atoms with Crippen molar-refractivity contribution < 1.29 is 0 Å². The highest BCUT2D eigenvalue weighted by atomic mass is 127. The van der Waals surface area contributed by atoms with E-state index in [9.17, 15) is 0 Å². The van der Waals surface area contributed by atoms with Gasteiger partial charge in [0.25, 0.3) is 0 Å². The average Bonchev–Trinajstić information content (AvgIpc) is 3.13. The largest absolute Gasteiger partial charge is 0.357 e. The van der Waals surface area contributed by atoms with Gasteiger partial charge in [-0.15, -0.1) is 24.0 Å². The molecule has 2 N–H and O–H groups in total. The standard InChI is InChI=1S/C22H25N5.HI/c1-2-24-22(26-17-19-10-8-18(16-23)9-11-19)25-13-5-14-27-15-12-20-6-3-4-7-21(20)27;/h3-4,6-12,15H,2,5,13-14,17H2,1H3,(H2,24,25,26);1H. The quantitative estimate of drug-likeness (QED) is 0.226. The lowest BCUT2D eigenvalue weighted by Gasteiger charge is -2.12. The molecule has 0 aliphatic carbocycles. The summed E-state index contributed by atoms with van der Waals surface area (Å²) < 4.78 is 2.29. The Hall–Kier alpha value is -2.53. The fourth-order valence-corrected chi connectivity index (χ4v) is 2.99. The van der Waals surface area contributed by atoms with Gasteiger partial charge in [-0.1, -0.05) is 30.3 Å². The molecule has 0 saturated carbocycles. The zero-order valence-electron chi connectivity index (χ0n) is 16.1. The van der Waals surface area contributed by atoms with Crippen LogP contribution in [0.25, 0.3) is 10.9 Å². The molecule has 0 aliphatic heterocycles. The maximum atomic E-state index is 8.86. The first-order valence-electron chi connectivity index (χ1n) is 9.35. The number of para-hydroxylation sites is 1. The number of fused-ring (bicyclic) bond motifs is 1. The van der Waals surface area contributed by atoms with Crippen LogP contribution in [0, 0.1) is 11.3 Å². The van der Waals surface area contributed by atoms with Gasteiger partial charge in [0.1, 0.15) is 0 Å². The van der Waals surface area contributed by atoms with Crippen LogP contribution >= 0.6 is 24.0 Å². The molecule has 5 nitrogen and oxygen atoms in total. The van der Waals surface area contributed by atoms with E-state index in [0.29, 0.717) is 12.1 Å². The molecular formula is C22H26IN5. The highest BCUT2D eigenvalue weighted by Gasteiger charge is 2.01. The van der Waals surface area contributed by atoms with Crippen LogP contribution in [-0.2, 0) is 13.1 Å². The van der Waals surface area contributed by atoms with Gasteiger partial charge < -0.3 is 15.2 Å². The lowest BCUT2D eigenvalue weighted by molar-refractivity contribution is 0.641. The maximum absolute atomic E-state index is 8.86. The van der Waals surface area contributed by atoms with Gasteiger partial charge in [-0.3, -0.25) is 0 Å². The number of guanidine groups is 1. The highest BCUT2D eigenvalue weighted by Crippen LogP contribution is 2.15. The third-order valence-corrected chi connectivity index (χ3v) is 4.40. The van der Waals surface area contributed by atoms with Crippen molar-refractivity contribution in [3.63, 3.8) is 0 Å². The summed E-state index contributed by atoms with van der Waals surface area (Å²) in [6.45, 7) is 5.29. The predicted molar refractivity (Wildman–Crippen MR) is 126 cm³/mol. The fraction of sp³-hybridized carbons (Fsp3) is 0.273. The second-order valence-electron chi connectivity index (χ2n) is 6.35. The highest BCUT2D eigenvalue weighted by molar-refractivity contribution is 14.0. The molecule has 0 unspecified atom stereocenters. The van der Waals surface area contributed by atoms with Crippen molar-refractivity contribution in [1.29, 1.82) is 5.26 Å². The molecular weight excluding hydrogens is 461 g/mol. The van der Waals surface area contributed by atoms with E-state index in [4.69, 9.17) is 5.26 Å². The summed E-state index contributed by atoms with van der Waals surface area (Å²) in [6, 6.07) is 20.3. The van der Waals surface area contributed by atoms with Gasteiger partial charge >= 0.3 is 0 Å². The summed E-state index contributed by atoms with van der Waals surface area (Å²) in [5.41, 5.74) is 3.04. The Morgan fingerprint density at radius 1 is 1.07 bits per heavy atom. The molecule has 0 amide bonds. The van der Waals surface area contributed by atoms with Gasteiger partial charge in [0, 0.05) is 31.3 Å². The molecule has 3 aromatic rings. The Morgan fingerprint density at radius 3 is 2.61 bits per heavy atom. The van der Waals surface area contributed by atoms with E-state index in [2.05, 4.69) is 69.7 Å². The Labute approximate surface area is 183 Å². The molecule has 2 aromatic carbocycles. The monoisotopic (exact) mass is 487 g/mol. The van der Waals surface area contributed by atoms with E-state index in [1.165, 1.54) is 10.9 Å². The molecule has 1 aromatic heterocycles. The summed E-state index contributed by atoms with van der Waals surface area (Å²) >= 11 is 0. The first kappa shape index (κ1) is 21.8. The number of rotatable bonds is 7. The zero-order valence-corrected chi connectivity index (χ0v) is 18.4. The van der Waals surface area contributed by atoms with E-state index < -0.39 is 0 Å². The van der Waals surface area contributed by atoms with Gasteiger partial charge in [-0.05, 0) is 48.6 Å². The normalized spacial score (nSPS) is 10.9. The molecule has 6 heteroatoms. The minimum atomic E-state index is 0. The molecule has 0 aliphatic rings. The van der Waals surface area contributed by atoms with Crippen LogP contribution in [0.4, 0.5) is 0 Å². The third kappa shape index (κ3) is 5.99. The SMILES string of the molecule is CCNC(=NCc1ccc(C#N)cc1)NCCCn1ccc2ccccc21.I. The van der Waals surface area contributed by atoms with E-state index in [1.807, 2.05) is 24.3 Å². The van der Waals surface area contributed by atoms with E-state index in [-0.39, 0.29) is 24.0 Å². The minimum absolute atomic E-state index is 0. The molecule has 3 rings (SSSR count). The third-order valence-electron chi connectivity index (χ3n) is 4.40. The summed E-state index contributed by atoms with van der Waals surface area (Å²) in [5.74, 6) is 0.819. The molecule has 146 valence electrons. The van der Waals surface area contributed by atoms with Crippen molar-refractivity contribution >= 4 is 40.8 Å². The Kier molecular flexibility index (Phi) is 8.82. The summed E-state index contributed by atoms with van der Waals surface area (Å²) in [4.78, 5) is 4.63. The number of nitriles is 1. The molecule has 0 atom stereocenters. The fourth-order valence-electron chi connectivity index (χ4n) is 2.99. The number of halogens is 1. The number of hydrogen-bond donors (Lipinski definition) is 2. The van der Waals surface area contributed by atoms with E-state index in [1.54, 1.807) is 0 Å². The van der Waals surface area contributed by atoms with Gasteiger partial charge in [0.05, 0.1) is 18.2 Å².